The third-order valence-corrected chi connectivity index (χ3v) is 2.58. The van der Waals surface area contributed by atoms with Gasteiger partial charge in [-0.05, 0) is 18.6 Å². The molecule has 1 heterocycles. The SMILES string of the molecule is CCC(Oc1ccc(Cl)nc1)C(=S)NC. The standard InChI is InChI=1S/C10H13ClN2OS/c1-3-8(10(15)12-2)14-7-4-5-9(11)13-6-7/h4-6,8H,3H2,1-2H3,(H,12,15). The van der Waals surface area contributed by atoms with E-state index in [1.165, 1.54) is 0 Å². The summed E-state index contributed by atoms with van der Waals surface area (Å²) in [5.74, 6) is 0.670. The van der Waals surface area contributed by atoms with Gasteiger partial charge in [0.25, 0.3) is 0 Å². The maximum absolute atomic E-state index is 5.67. The number of nitrogens with one attached hydrogen (secondary N) is 1. The first kappa shape index (κ1) is 12.2. The molecule has 0 spiro atoms. The molecule has 1 rings (SSSR count). The summed E-state index contributed by atoms with van der Waals surface area (Å²) in [4.78, 5) is 4.62. The highest BCUT2D eigenvalue weighted by atomic mass is 35.5. The fourth-order valence-electron chi connectivity index (χ4n) is 1.08. The molecule has 0 fully saturated rings. The zero-order chi connectivity index (χ0) is 11.3. The molecule has 0 aromatic carbocycles. The van der Waals surface area contributed by atoms with Crippen molar-refractivity contribution in [3.05, 3.63) is 23.5 Å². The van der Waals surface area contributed by atoms with Gasteiger partial charge < -0.3 is 10.1 Å². The molecule has 0 aliphatic rings. The van der Waals surface area contributed by atoms with Crippen molar-refractivity contribution in [3.63, 3.8) is 0 Å². The molecular weight excluding hydrogens is 232 g/mol. The van der Waals surface area contributed by atoms with Gasteiger partial charge in [-0.15, -0.1) is 0 Å². The van der Waals surface area contributed by atoms with Crippen molar-refractivity contribution in [2.24, 2.45) is 0 Å². The molecule has 1 aromatic heterocycles. The second-order valence-corrected chi connectivity index (χ2v) is 3.77. The maximum Gasteiger partial charge on any atom is 0.148 e. The van der Waals surface area contributed by atoms with Crippen LogP contribution in [0, 0.1) is 0 Å². The first-order valence-corrected chi connectivity index (χ1v) is 5.45. The van der Waals surface area contributed by atoms with Crippen LogP contribution >= 0.6 is 23.8 Å². The van der Waals surface area contributed by atoms with Gasteiger partial charge in [-0.3, -0.25) is 0 Å². The zero-order valence-corrected chi connectivity index (χ0v) is 10.2. The van der Waals surface area contributed by atoms with Crippen LogP contribution in [0.4, 0.5) is 0 Å². The minimum Gasteiger partial charge on any atom is -0.482 e. The molecule has 0 saturated carbocycles. The van der Waals surface area contributed by atoms with E-state index in [4.69, 9.17) is 28.6 Å². The number of hydrogen-bond acceptors (Lipinski definition) is 3. The van der Waals surface area contributed by atoms with Crippen LogP contribution in [0.3, 0.4) is 0 Å². The lowest BCUT2D eigenvalue weighted by Gasteiger charge is -2.17. The van der Waals surface area contributed by atoms with Crippen molar-refractivity contribution in [2.45, 2.75) is 19.4 Å². The minimum atomic E-state index is -0.118. The van der Waals surface area contributed by atoms with Gasteiger partial charge in [0.05, 0.1) is 6.20 Å². The van der Waals surface area contributed by atoms with Crippen molar-refractivity contribution < 1.29 is 4.74 Å². The van der Waals surface area contributed by atoms with E-state index < -0.39 is 0 Å². The summed E-state index contributed by atoms with van der Waals surface area (Å²) < 4.78 is 5.65. The van der Waals surface area contributed by atoms with Crippen LogP contribution in [0.15, 0.2) is 18.3 Å². The molecule has 3 nitrogen and oxygen atoms in total. The number of hydrogen-bond donors (Lipinski definition) is 1. The van der Waals surface area contributed by atoms with Gasteiger partial charge in [0, 0.05) is 7.05 Å². The summed E-state index contributed by atoms with van der Waals surface area (Å²) in [6, 6.07) is 3.46. The Hall–Kier alpha value is -0.870. The fourth-order valence-corrected chi connectivity index (χ4v) is 1.41. The molecule has 0 saturated heterocycles. The fraction of sp³-hybridized carbons (Fsp3) is 0.400. The Balaban J connectivity index is 2.66. The number of rotatable bonds is 4. The maximum atomic E-state index is 5.67. The largest absolute Gasteiger partial charge is 0.482 e. The Morgan fingerprint density at radius 3 is 2.87 bits per heavy atom. The number of thiocarbonyl (C=S) groups is 1. The second kappa shape index (κ2) is 5.88. The van der Waals surface area contributed by atoms with Crippen molar-refractivity contribution >= 4 is 28.8 Å². The van der Waals surface area contributed by atoms with E-state index in [1.807, 2.05) is 6.92 Å². The number of nitrogens with zero attached hydrogens (tertiary/aromatic N) is 1. The molecular formula is C10H13ClN2OS. The van der Waals surface area contributed by atoms with Crippen molar-refractivity contribution in [1.82, 2.24) is 10.3 Å². The molecule has 0 aliphatic carbocycles. The normalized spacial score (nSPS) is 11.9. The van der Waals surface area contributed by atoms with Gasteiger partial charge in [-0.2, -0.15) is 0 Å². The van der Waals surface area contributed by atoms with E-state index >= 15 is 0 Å². The molecule has 82 valence electrons. The molecule has 5 heteroatoms. The zero-order valence-electron chi connectivity index (χ0n) is 8.66. The molecule has 0 radical (unpaired) electrons. The van der Waals surface area contributed by atoms with E-state index in [2.05, 4.69) is 10.3 Å². The summed E-state index contributed by atoms with van der Waals surface area (Å²) in [6.45, 7) is 2.01. The molecule has 1 atom stereocenters. The lowest BCUT2D eigenvalue weighted by molar-refractivity contribution is 0.261. The number of pyridine rings is 1. The minimum absolute atomic E-state index is 0.118. The molecule has 0 bridgehead atoms. The van der Waals surface area contributed by atoms with Gasteiger partial charge in [0.2, 0.25) is 0 Å². The Morgan fingerprint density at radius 1 is 1.67 bits per heavy atom. The molecule has 1 aromatic rings. The summed E-state index contributed by atoms with van der Waals surface area (Å²) in [6.07, 6.45) is 2.28. The molecule has 1 unspecified atom stereocenters. The molecule has 0 amide bonds. The van der Waals surface area contributed by atoms with Crippen LogP contribution in [-0.2, 0) is 0 Å². The summed E-state index contributed by atoms with van der Waals surface area (Å²) in [7, 11) is 1.79. The first-order chi connectivity index (χ1) is 7.17. The highest BCUT2D eigenvalue weighted by Crippen LogP contribution is 2.15. The molecule has 0 aliphatic heterocycles. The topological polar surface area (TPSA) is 34.1 Å². The van der Waals surface area contributed by atoms with Crippen LogP contribution < -0.4 is 10.1 Å². The van der Waals surface area contributed by atoms with Crippen molar-refractivity contribution in [2.75, 3.05) is 7.05 Å². The van der Waals surface area contributed by atoms with E-state index in [0.717, 1.165) is 6.42 Å². The lowest BCUT2D eigenvalue weighted by Crippen LogP contribution is -2.34. The van der Waals surface area contributed by atoms with Crippen LogP contribution in [0.25, 0.3) is 0 Å². The van der Waals surface area contributed by atoms with E-state index in [-0.39, 0.29) is 6.10 Å². The Bertz CT molecular complexity index is 329. The van der Waals surface area contributed by atoms with Gasteiger partial charge in [-0.1, -0.05) is 30.7 Å². The monoisotopic (exact) mass is 244 g/mol. The van der Waals surface area contributed by atoms with Crippen LogP contribution in [0.1, 0.15) is 13.3 Å². The summed E-state index contributed by atoms with van der Waals surface area (Å²) in [5, 5.41) is 3.36. The number of likely N-dealkylation sites (N-methyl/N-ethyl adjacent to an activating group) is 1. The lowest BCUT2D eigenvalue weighted by atomic mass is 10.2. The first-order valence-electron chi connectivity index (χ1n) is 4.67. The van der Waals surface area contributed by atoms with Gasteiger partial charge in [0.1, 0.15) is 22.0 Å². The van der Waals surface area contributed by atoms with Gasteiger partial charge >= 0.3 is 0 Å². The van der Waals surface area contributed by atoms with Crippen LogP contribution in [-0.4, -0.2) is 23.1 Å². The Kier molecular flexibility index (Phi) is 4.78. The highest BCUT2D eigenvalue weighted by molar-refractivity contribution is 7.80. The van der Waals surface area contributed by atoms with Crippen molar-refractivity contribution in [1.29, 1.82) is 0 Å². The number of aromatic nitrogens is 1. The summed E-state index contributed by atoms with van der Waals surface area (Å²) >= 11 is 10.8. The predicted octanol–water partition coefficient (Wildman–Crippen LogP) is 2.44. The third-order valence-electron chi connectivity index (χ3n) is 1.89. The number of ether oxygens (including phenoxy) is 1. The van der Waals surface area contributed by atoms with Gasteiger partial charge in [0.15, 0.2) is 0 Å². The smallest absolute Gasteiger partial charge is 0.148 e. The average Bonchev–Trinajstić information content (AvgIpc) is 2.27. The summed E-state index contributed by atoms with van der Waals surface area (Å²) in [5.41, 5.74) is 0. The van der Waals surface area contributed by atoms with E-state index in [1.54, 1.807) is 25.4 Å². The second-order valence-electron chi connectivity index (χ2n) is 2.95. The Morgan fingerprint density at radius 2 is 2.40 bits per heavy atom. The van der Waals surface area contributed by atoms with E-state index in [0.29, 0.717) is 15.9 Å². The third kappa shape index (κ3) is 3.64. The van der Waals surface area contributed by atoms with Crippen LogP contribution in [0.5, 0.6) is 5.75 Å². The highest BCUT2D eigenvalue weighted by Gasteiger charge is 2.12. The molecule has 1 N–H and O–H groups in total. The van der Waals surface area contributed by atoms with Crippen molar-refractivity contribution in [3.8, 4) is 5.75 Å². The van der Waals surface area contributed by atoms with E-state index in [9.17, 15) is 0 Å². The quantitative estimate of drug-likeness (QED) is 0.652. The van der Waals surface area contributed by atoms with Crippen LogP contribution in [0.2, 0.25) is 5.15 Å². The predicted molar refractivity (Wildman–Crippen MR) is 65.6 cm³/mol. The van der Waals surface area contributed by atoms with Gasteiger partial charge in [-0.25, -0.2) is 4.98 Å². The molecule has 15 heavy (non-hydrogen) atoms. The Labute approximate surface area is 99.8 Å². The average molecular weight is 245 g/mol. The number of halogens is 1.